The minimum absolute atomic E-state index is 0.548. The molecule has 0 spiro atoms. The Balaban J connectivity index is 3.20. The second kappa shape index (κ2) is 8.32. The minimum atomic E-state index is -2.88. The molecule has 19 heavy (non-hydrogen) atoms. The average molecular weight is 284 g/mol. The molecule has 0 amide bonds. The van der Waals surface area contributed by atoms with Gasteiger partial charge in [-0.25, -0.2) is 0 Å². The lowest BCUT2D eigenvalue weighted by atomic mass is 10.3. The number of rotatable bonds is 9. The molecule has 0 bridgehead atoms. The Morgan fingerprint density at radius 3 is 1.79 bits per heavy atom. The first-order valence-corrected chi connectivity index (χ1v) is 8.60. The SMILES string of the molecule is CCOc1ccccc1[Si](OCC)(OCC)OCC. The molecule has 0 saturated carbocycles. The van der Waals surface area contributed by atoms with Crippen LogP contribution >= 0.6 is 0 Å². The molecule has 108 valence electrons. The maximum absolute atomic E-state index is 5.90. The quantitative estimate of drug-likeness (QED) is 0.652. The molecule has 1 aromatic carbocycles. The van der Waals surface area contributed by atoms with Crippen LogP contribution in [0, 0.1) is 0 Å². The van der Waals surface area contributed by atoms with E-state index in [1.54, 1.807) is 0 Å². The van der Waals surface area contributed by atoms with E-state index < -0.39 is 8.80 Å². The Bertz CT molecular complexity index is 353. The Morgan fingerprint density at radius 1 is 0.789 bits per heavy atom. The van der Waals surface area contributed by atoms with E-state index in [9.17, 15) is 0 Å². The lowest BCUT2D eigenvalue weighted by molar-refractivity contribution is 0.0852. The molecule has 1 rings (SSSR count). The van der Waals surface area contributed by atoms with Crippen molar-refractivity contribution in [3.05, 3.63) is 24.3 Å². The highest BCUT2D eigenvalue weighted by molar-refractivity contribution is 6.76. The van der Waals surface area contributed by atoms with Crippen molar-refractivity contribution in [3.63, 3.8) is 0 Å². The third-order valence-corrected chi connectivity index (χ3v) is 5.60. The molecule has 0 aliphatic carbocycles. The van der Waals surface area contributed by atoms with E-state index >= 15 is 0 Å². The first-order valence-electron chi connectivity index (χ1n) is 6.88. The smallest absolute Gasteiger partial charge is 0.494 e. The highest BCUT2D eigenvalue weighted by Gasteiger charge is 2.45. The number of ether oxygens (including phenoxy) is 1. The van der Waals surface area contributed by atoms with Gasteiger partial charge in [-0.2, -0.15) is 0 Å². The summed E-state index contributed by atoms with van der Waals surface area (Å²) in [5, 5.41) is 0.905. The lowest BCUT2D eigenvalue weighted by Crippen LogP contribution is -2.57. The number of para-hydroxylation sites is 1. The van der Waals surface area contributed by atoms with E-state index in [0.717, 1.165) is 10.9 Å². The summed E-state index contributed by atoms with van der Waals surface area (Å²) in [4.78, 5) is 0. The van der Waals surface area contributed by atoms with Gasteiger partial charge in [0.1, 0.15) is 5.75 Å². The molecule has 0 atom stereocenters. The summed E-state index contributed by atoms with van der Waals surface area (Å²) in [7, 11) is -2.88. The maximum atomic E-state index is 5.90. The van der Waals surface area contributed by atoms with Gasteiger partial charge >= 0.3 is 8.80 Å². The predicted octanol–water partition coefficient (Wildman–Crippen LogP) is 2.34. The molecular formula is C14H24O4Si. The summed E-state index contributed by atoms with van der Waals surface area (Å²) in [6.45, 7) is 10.1. The second-order valence-corrected chi connectivity index (χ2v) is 6.30. The van der Waals surface area contributed by atoms with Crippen molar-refractivity contribution in [2.24, 2.45) is 0 Å². The number of hydrogen-bond acceptors (Lipinski definition) is 4. The molecule has 0 unspecified atom stereocenters. The fourth-order valence-corrected chi connectivity index (χ4v) is 4.54. The van der Waals surface area contributed by atoms with Gasteiger partial charge < -0.3 is 18.0 Å². The van der Waals surface area contributed by atoms with Crippen molar-refractivity contribution >= 4 is 14.0 Å². The summed E-state index contributed by atoms with van der Waals surface area (Å²) in [5.41, 5.74) is 0. The molecule has 0 saturated heterocycles. The van der Waals surface area contributed by atoms with Crippen LogP contribution in [0.4, 0.5) is 0 Å². The first kappa shape index (κ1) is 16.2. The Hall–Kier alpha value is -0.883. The van der Waals surface area contributed by atoms with E-state index in [1.807, 2.05) is 52.0 Å². The molecule has 0 aromatic heterocycles. The molecule has 4 nitrogen and oxygen atoms in total. The van der Waals surface area contributed by atoms with Crippen LogP contribution in [-0.4, -0.2) is 35.2 Å². The van der Waals surface area contributed by atoms with Crippen molar-refractivity contribution < 1.29 is 18.0 Å². The highest BCUT2D eigenvalue weighted by Crippen LogP contribution is 2.18. The third kappa shape index (κ3) is 4.04. The van der Waals surface area contributed by atoms with Crippen molar-refractivity contribution in [1.29, 1.82) is 0 Å². The van der Waals surface area contributed by atoms with Crippen molar-refractivity contribution in [2.45, 2.75) is 27.7 Å². The van der Waals surface area contributed by atoms with Crippen LogP contribution in [0.25, 0.3) is 0 Å². The largest absolute Gasteiger partial charge is 0.541 e. The van der Waals surface area contributed by atoms with Crippen LogP contribution < -0.4 is 9.92 Å². The minimum Gasteiger partial charge on any atom is -0.494 e. The van der Waals surface area contributed by atoms with Gasteiger partial charge in [0.25, 0.3) is 0 Å². The molecule has 0 N–H and O–H groups in total. The van der Waals surface area contributed by atoms with Crippen molar-refractivity contribution in [2.75, 3.05) is 26.4 Å². The van der Waals surface area contributed by atoms with E-state index in [2.05, 4.69) is 0 Å². The van der Waals surface area contributed by atoms with Gasteiger partial charge in [-0.15, -0.1) is 0 Å². The zero-order valence-corrected chi connectivity index (χ0v) is 13.3. The predicted molar refractivity (Wildman–Crippen MR) is 77.9 cm³/mol. The summed E-state index contributed by atoms with van der Waals surface area (Å²) in [5.74, 6) is 0.784. The van der Waals surface area contributed by atoms with E-state index in [-0.39, 0.29) is 0 Å². The number of hydrogen-bond donors (Lipinski definition) is 0. The molecule has 0 aliphatic rings. The molecular weight excluding hydrogens is 260 g/mol. The fourth-order valence-electron chi connectivity index (χ4n) is 1.93. The fraction of sp³-hybridized carbons (Fsp3) is 0.571. The molecule has 0 heterocycles. The first-order chi connectivity index (χ1) is 9.24. The zero-order valence-electron chi connectivity index (χ0n) is 12.3. The molecule has 0 fully saturated rings. The molecule has 5 heteroatoms. The third-order valence-electron chi connectivity index (χ3n) is 2.52. The Morgan fingerprint density at radius 2 is 1.32 bits per heavy atom. The molecule has 0 radical (unpaired) electrons. The standard InChI is InChI=1S/C14H24O4Si/c1-5-15-13-11-9-10-12-14(13)19(16-6-2,17-7-3)18-8-4/h9-12H,5-8H2,1-4H3. The molecule has 1 aromatic rings. The van der Waals surface area contributed by atoms with Gasteiger partial charge in [-0.05, 0) is 33.8 Å². The van der Waals surface area contributed by atoms with E-state index in [4.69, 9.17) is 18.0 Å². The van der Waals surface area contributed by atoms with Crippen LogP contribution in [0.2, 0.25) is 0 Å². The second-order valence-electron chi connectivity index (χ2n) is 3.78. The molecule has 0 aliphatic heterocycles. The van der Waals surface area contributed by atoms with Gasteiger partial charge in [0.15, 0.2) is 0 Å². The monoisotopic (exact) mass is 284 g/mol. The van der Waals surface area contributed by atoms with Crippen LogP contribution in [0.15, 0.2) is 24.3 Å². The highest BCUT2D eigenvalue weighted by atomic mass is 28.4. The van der Waals surface area contributed by atoms with Gasteiger partial charge in [0, 0.05) is 19.8 Å². The van der Waals surface area contributed by atoms with E-state index in [1.165, 1.54) is 0 Å². The summed E-state index contributed by atoms with van der Waals surface area (Å²) in [6.07, 6.45) is 0. The zero-order chi connectivity index (χ0) is 14.1. The van der Waals surface area contributed by atoms with Crippen molar-refractivity contribution in [1.82, 2.24) is 0 Å². The maximum Gasteiger partial charge on any atom is 0.541 e. The van der Waals surface area contributed by atoms with Crippen LogP contribution in [0.3, 0.4) is 0 Å². The van der Waals surface area contributed by atoms with Gasteiger partial charge in [-0.1, -0.05) is 18.2 Å². The van der Waals surface area contributed by atoms with E-state index in [0.29, 0.717) is 26.4 Å². The lowest BCUT2D eigenvalue weighted by Gasteiger charge is -2.29. The normalized spacial score (nSPS) is 11.6. The summed E-state index contributed by atoms with van der Waals surface area (Å²) >= 11 is 0. The van der Waals surface area contributed by atoms with Crippen LogP contribution in [0.1, 0.15) is 27.7 Å². The van der Waals surface area contributed by atoms with Gasteiger partial charge in [-0.3, -0.25) is 0 Å². The Labute approximate surface area is 117 Å². The average Bonchev–Trinajstić information content (AvgIpc) is 2.40. The topological polar surface area (TPSA) is 36.9 Å². The van der Waals surface area contributed by atoms with Gasteiger partial charge in [0.2, 0.25) is 0 Å². The number of benzene rings is 1. The van der Waals surface area contributed by atoms with Crippen molar-refractivity contribution in [3.8, 4) is 5.75 Å². The Kier molecular flexibility index (Phi) is 7.08. The van der Waals surface area contributed by atoms with Crippen LogP contribution in [0.5, 0.6) is 5.75 Å². The summed E-state index contributed by atoms with van der Waals surface area (Å²) < 4.78 is 23.4. The summed E-state index contributed by atoms with van der Waals surface area (Å²) in [6, 6.07) is 7.80. The van der Waals surface area contributed by atoms with Crippen LogP contribution in [-0.2, 0) is 13.3 Å². The van der Waals surface area contributed by atoms with Gasteiger partial charge in [0.05, 0.1) is 11.8 Å².